The maximum Gasteiger partial charge on any atom is 0.293 e. The summed E-state index contributed by atoms with van der Waals surface area (Å²) in [6.45, 7) is 3.27. The van der Waals surface area contributed by atoms with Crippen molar-refractivity contribution in [2.24, 2.45) is 0 Å². The first kappa shape index (κ1) is 16.9. The Morgan fingerprint density at radius 2 is 1.92 bits per heavy atom. The Balaban J connectivity index is 1.87. The van der Waals surface area contributed by atoms with Gasteiger partial charge in [-0.25, -0.2) is 4.39 Å². The van der Waals surface area contributed by atoms with Gasteiger partial charge in [0.15, 0.2) is 0 Å². The third-order valence-corrected chi connectivity index (χ3v) is 4.25. The summed E-state index contributed by atoms with van der Waals surface area (Å²) < 4.78 is 13.9. The predicted molar refractivity (Wildman–Crippen MR) is 93.6 cm³/mol. The van der Waals surface area contributed by atoms with E-state index in [4.69, 9.17) is 0 Å². The molecule has 2 aromatic carbocycles. The highest BCUT2D eigenvalue weighted by molar-refractivity contribution is 6.05. The SMILES string of the molecule is Cc1ccc(NC(=O)c2ccc(N3CCCC3)c([N+](=O)[O-])c2)c(F)c1. The minimum absolute atomic E-state index is 0.0434. The first-order valence-corrected chi connectivity index (χ1v) is 8.06. The molecule has 7 heteroatoms. The van der Waals surface area contributed by atoms with E-state index in [-0.39, 0.29) is 16.9 Å². The number of halogens is 1. The van der Waals surface area contributed by atoms with Gasteiger partial charge in [0, 0.05) is 24.7 Å². The average molecular weight is 343 g/mol. The van der Waals surface area contributed by atoms with Gasteiger partial charge in [0.1, 0.15) is 11.5 Å². The molecule has 0 atom stereocenters. The molecule has 3 rings (SSSR count). The lowest BCUT2D eigenvalue weighted by Gasteiger charge is -2.17. The van der Waals surface area contributed by atoms with Crippen molar-refractivity contribution in [1.82, 2.24) is 0 Å². The first-order valence-electron chi connectivity index (χ1n) is 8.06. The van der Waals surface area contributed by atoms with Gasteiger partial charge in [-0.3, -0.25) is 14.9 Å². The minimum atomic E-state index is -0.584. The lowest BCUT2D eigenvalue weighted by Crippen LogP contribution is -2.20. The van der Waals surface area contributed by atoms with Crippen molar-refractivity contribution >= 4 is 23.0 Å². The van der Waals surface area contributed by atoms with E-state index in [0.29, 0.717) is 5.69 Å². The Labute approximate surface area is 144 Å². The van der Waals surface area contributed by atoms with Gasteiger partial charge in [0.25, 0.3) is 11.6 Å². The van der Waals surface area contributed by atoms with Crippen LogP contribution in [0, 0.1) is 22.9 Å². The van der Waals surface area contributed by atoms with Gasteiger partial charge >= 0.3 is 0 Å². The number of hydrogen-bond acceptors (Lipinski definition) is 4. The molecule has 6 nitrogen and oxygen atoms in total. The molecule has 1 heterocycles. The molecule has 1 aliphatic rings. The molecular formula is C18H18FN3O3. The summed E-state index contributed by atoms with van der Waals surface area (Å²) in [5.74, 6) is -1.13. The maximum absolute atomic E-state index is 13.9. The van der Waals surface area contributed by atoms with Gasteiger partial charge < -0.3 is 10.2 Å². The zero-order chi connectivity index (χ0) is 18.0. The Kier molecular flexibility index (Phi) is 4.65. The monoisotopic (exact) mass is 343 g/mol. The second kappa shape index (κ2) is 6.88. The van der Waals surface area contributed by atoms with Gasteiger partial charge in [0.2, 0.25) is 0 Å². The van der Waals surface area contributed by atoms with Crippen LogP contribution in [0.15, 0.2) is 36.4 Å². The van der Waals surface area contributed by atoms with E-state index in [1.165, 1.54) is 24.3 Å². The van der Waals surface area contributed by atoms with Crippen LogP contribution in [0.3, 0.4) is 0 Å². The van der Waals surface area contributed by atoms with Gasteiger partial charge in [-0.2, -0.15) is 0 Å². The number of nitro benzene ring substituents is 1. The van der Waals surface area contributed by atoms with E-state index < -0.39 is 16.6 Å². The standard InChI is InChI=1S/C18H18FN3O3/c1-12-4-6-15(14(19)10-12)20-18(23)13-5-7-16(17(11-13)22(24)25)21-8-2-3-9-21/h4-7,10-11H,2-3,8-9H2,1H3,(H,20,23). The van der Waals surface area contributed by atoms with Crippen LogP contribution in [-0.2, 0) is 0 Å². The molecule has 2 aromatic rings. The van der Waals surface area contributed by atoms with Crippen molar-refractivity contribution in [3.63, 3.8) is 0 Å². The van der Waals surface area contributed by atoms with Gasteiger partial charge in [-0.15, -0.1) is 0 Å². The number of nitro groups is 1. The van der Waals surface area contributed by atoms with Crippen LogP contribution in [0.25, 0.3) is 0 Å². The number of nitrogens with zero attached hydrogens (tertiary/aromatic N) is 2. The number of benzene rings is 2. The second-order valence-corrected chi connectivity index (χ2v) is 6.09. The molecular weight excluding hydrogens is 325 g/mol. The number of anilines is 2. The molecule has 0 radical (unpaired) electrons. The van der Waals surface area contributed by atoms with Crippen molar-refractivity contribution in [3.8, 4) is 0 Å². The fourth-order valence-electron chi connectivity index (χ4n) is 2.95. The predicted octanol–water partition coefficient (Wildman–Crippen LogP) is 3.89. The van der Waals surface area contributed by atoms with Crippen LogP contribution in [0.2, 0.25) is 0 Å². The highest BCUT2D eigenvalue weighted by Gasteiger charge is 2.24. The number of amides is 1. The Hall–Kier alpha value is -2.96. The Morgan fingerprint density at radius 3 is 2.56 bits per heavy atom. The minimum Gasteiger partial charge on any atom is -0.366 e. The van der Waals surface area contributed by atoms with Crippen LogP contribution < -0.4 is 10.2 Å². The summed E-state index contributed by atoms with van der Waals surface area (Å²) in [4.78, 5) is 25.2. The quantitative estimate of drug-likeness (QED) is 0.675. The molecule has 1 fully saturated rings. The second-order valence-electron chi connectivity index (χ2n) is 6.09. The third kappa shape index (κ3) is 3.60. The van der Waals surface area contributed by atoms with Crippen LogP contribution in [0.5, 0.6) is 0 Å². The maximum atomic E-state index is 13.9. The smallest absolute Gasteiger partial charge is 0.293 e. The summed E-state index contributed by atoms with van der Waals surface area (Å²) in [6, 6.07) is 8.82. The zero-order valence-electron chi connectivity index (χ0n) is 13.8. The third-order valence-electron chi connectivity index (χ3n) is 4.25. The summed E-state index contributed by atoms with van der Waals surface area (Å²) in [7, 11) is 0. The van der Waals surface area contributed by atoms with E-state index in [0.717, 1.165) is 31.5 Å². The topological polar surface area (TPSA) is 75.5 Å². The van der Waals surface area contributed by atoms with Crippen LogP contribution in [0.4, 0.5) is 21.5 Å². The Morgan fingerprint density at radius 1 is 1.20 bits per heavy atom. The normalized spacial score (nSPS) is 13.8. The summed E-state index contributed by atoms with van der Waals surface area (Å²) in [5.41, 5.74) is 1.30. The number of carbonyl (C=O) groups excluding carboxylic acids is 1. The van der Waals surface area contributed by atoms with Gasteiger partial charge in [-0.05, 0) is 49.6 Å². The highest BCUT2D eigenvalue weighted by Crippen LogP contribution is 2.32. The number of rotatable bonds is 4. The lowest BCUT2D eigenvalue weighted by molar-refractivity contribution is -0.384. The van der Waals surface area contributed by atoms with Crippen molar-refractivity contribution in [2.45, 2.75) is 19.8 Å². The molecule has 1 amide bonds. The molecule has 130 valence electrons. The number of nitrogens with one attached hydrogen (secondary N) is 1. The van der Waals surface area contributed by atoms with Crippen molar-refractivity contribution in [3.05, 3.63) is 63.5 Å². The Bertz CT molecular complexity index is 832. The number of aryl methyl sites for hydroxylation is 1. The van der Waals surface area contributed by atoms with Crippen molar-refractivity contribution < 1.29 is 14.1 Å². The largest absolute Gasteiger partial charge is 0.366 e. The number of carbonyl (C=O) groups is 1. The van der Waals surface area contributed by atoms with Crippen molar-refractivity contribution in [1.29, 1.82) is 0 Å². The van der Waals surface area contributed by atoms with Crippen LogP contribution in [-0.4, -0.2) is 23.9 Å². The molecule has 0 aliphatic carbocycles. The van der Waals surface area contributed by atoms with E-state index >= 15 is 0 Å². The van der Waals surface area contributed by atoms with E-state index in [1.54, 1.807) is 19.1 Å². The molecule has 25 heavy (non-hydrogen) atoms. The molecule has 0 unspecified atom stereocenters. The summed E-state index contributed by atoms with van der Waals surface area (Å²) in [5, 5.41) is 13.8. The summed E-state index contributed by atoms with van der Waals surface area (Å²) >= 11 is 0. The van der Waals surface area contributed by atoms with Crippen molar-refractivity contribution in [2.75, 3.05) is 23.3 Å². The highest BCUT2D eigenvalue weighted by atomic mass is 19.1. The lowest BCUT2D eigenvalue weighted by atomic mass is 10.1. The fraction of sp³-hybridized carbons (Fsp3) is 0.278. The number of hydrogen-bond donors (Lipinski definition) is 1. The molecule has 0 aromatic heterocycles. The fourth-order valence-corrected chi connectivity index (χ4v) is 2.95. The van der Waals surface area contributed by atoms with Crippen LogP contribution in [0.1, 0.15) is 28.8 Å². The molecule has 0 bridgehead atoms. The first-order chi connectivity index (χ1) is 12.0. The molecule has 0 spiro atoms. The average Bonchev–Trinajstić information content (AvgIpc) is 3.11. The van der Waals surface area contributed by atoms with Gasteiger partial charge in [0.05, 0.1) is 10.6 Å². The van der Waals surface area contributed by atoms with E-state index in [1.807, 2.05) is 4.90 Å². The molecule has 1 N–H and O–H groups in total. The van der Waals surface area contributed by atoms with E-state index in [9.17, 15) is 19.3 Å². The molecule has 0 saturated carbocycles. The summed E-state index contributed by atoms with van der Waals surface area (Å²) in [6.07, 6.45) is 1.98. The van der Waals surface area contributed by atoms with Gasteiger partial charge in [-0.1, -0.05) is 6.07 Å². The molecule has 1 saturated heterocycles. The molecule has 1 aliphatic heterocycles. The zero-order valence-corrected chi connectivity index (χ0v) is 13.8. The van der Waals surface area contributed by atoms with Crippen LogP contribution >= 0.6 is 0 Å². The van der Waals surface area contributed by atoms with E-state index in [2.05, 4.69) is 5.32 Å².